The summed E-state index contributed by atoms with van der Waals surface area (Å²) in [4.78, 5) is 2.46. The third-order valence-electron chi connectivity index (χ3n) is 4.78. The Labute approximate surface area is 114 Å². The molecule has 0 amide bonds. The molecule has 0 spiro atoms. The van der Waals surface area contributed by atoms with Gasteiger partial charge in [-0.1, -0.05) is 26.7 Å². The van der Waals surface area contributed by atoms with Crippen LogP contribution in [0.3, 0.4) is 0 Å². The molecular formula is C16H32N2. The lowest BCUT2D eigenvalue weighted by molar-refractivity contribution is 0.192. The molecule has 1 saturated heterocycles. The molecular weight excluding hydrogens is 220 g/mol. The van der Waals surface area contributed by atoms with Gasteiger partial charge in [-0.2, -0.15) is 0 Å². The monoisotopic (exact) mass is 252 g/mol. The van der Waals surface area contributed by atoms with E-state index in [0.717, 1.165) is 23.9 Å². The summed E-state index contributed by atoms with van der Waals surface area (Å²) >= 11 is 0. The topological polar surface area (TPSA) is 15.3 Å². The van der Waals surface area contributed by atoms with Gasteiger partial charge in [0, 0.05) is 12.1 Å². The van der Waals surface area contributed by atoms with Crippen LogP contribution in [0, 0.1) is 11.8 Å². The van der Waals surface area contributed by atoms with Crippen LogP contribution in [0.15, 0.2) is 0 Å². The Balaban J connectivity index is 1.72. The van der Waals surface area contributed by atoms with Crippen LogP contribution >= 0.6 is 0 Å². The summed E-state index contributed by atoms with van der Waals surface area (Å²) in [5.41, 5.74) is 0. The van der Waals surface area contributed by atoms with Gasteiger partial charge >= 0.3 is 0 Å². The highest BCUT2D eigenvalue weighted by atomic mass is 15.1. The maximum Gasteiger partial charge on any atom is 0.00939 e. The number of piperidine rings is 1. The Morgan fingerprint density at radius 3 is 2.44 bits per heavy atom. The van der Waals surface area contributed by atoms with Gasteiger partial charge in [0.15, 0.2) is 0 Å². The van der Waals surface area contributed by atoms with Crippen molar-refractivity contribution in [1.29, 1.82) is 0 Å². The van der Waals surface area contributed by atoms with Gasteiger partial charge in [0.25, 0.3) is 0 Å². The minimum absolute atomic E-state index is 0.795. The SMILES string of the molecule is CC(C)CC1CCCC(NC2CCN(C)CC2)C1. The minimum Gasteiger partial charge on any atom is -0.311 e. The van der Waals surface area contributed by atoms with Crippen molar-refractivity contribution in [1.82, 2.24) is 10.2 Å². The van der Waals surface area contributed by atoms with E-state index < -0.39 is 0 Å². The summed E-state index contributed by atoms with van der Waals surface area (Å²) in [5, 5.41) is 3.95. The molecule has 1 heterocycles. The molecule has 0 aromatic rings. The van der Waals surface area contributed by atoms with E-state index in [2.05, 4.69) is 31.1 Å². The minimum atomic E-state index is 0.795. The smallest absolute Gasteiger partial charge is 0.00939 e. The van der Waals surface area contributed by atoms with Crippen molar-refractivity contribution in [3.8, 4) is 0 Å². The predicted octanol–water partition coefficient (Wildman–Crippen LogP) is 3.28. The number of rotatable bonds is 4. The van der Waals surface area contributed by atoms with Crippen LogP contribution in [-0.4, -0.2) is 37.1 Å². The van der Waals surface area contributed by atoms with E-state index in [1.54, 1.807) is 0 Å². The van der Waals surface area contributed by atoms with Crippen LogP contribution in [0.25, 0.3) is 0 Å². The summed E-state index contributed by atoms with van der Waals surface area (Å²) < 4.78 is 0. The van der Waals surface area contributed by atoms with Crippen LogP contribution in [-0.2, 0) is 0 Å². The first-order chi connectivity index (χ1) is 8.63. The molecule has 18 heavy (non-hydrogen) atoms. The fraction of sp³-hybridized carbons (Fsp3) is 1.00. The summed E-state index contributed by atoms with van der Waals surface area (Å²) in [7, 11) is 2.25. The van der Waals surface area contributed by atoms with Crippen LogP contribution in [0.1, 0.15) is 58.8 Å². The van der Waals surface area contributed by atoms with Gasteiger partial charge in [-0.05, 0) is 64.1 Å². The van der Waals surface area contributed by atoms with E-state index in [9.17, 15) is 0 Å². The zero-order valence-electron chi connectivity index (χ0n) is 12.6. The Bertz CT molecular complexity index is 231. The zero-order chi connectivity index (χ0) is 13.0. The van der Waals surface area contributed by atoms with Crippen LogP contribution in [0.4, 0.5) is 0 Å². The van der Waals surface area contributed by atoms with Crippen molar-refractivity contribution in [2.24, 2.45) is 11.8 Å². The molecule has 1 N–H and O–H groups in total. The normalized spacial score (nSPS) is 32.0. The van der Waals surface area contributed by atoms with Crippen LogP contribution < -0.4 is 5.32 Å². The van der Waals surface area contributed by atoms with Gasteiger partial charge in [-0.25, -0.2) is 0 Å². The lowest BCUT2D eigenvalue weighted by atomic mass is 9.80. The number of likely N-dealkylation sites (tertiary alicyclic amines) is 1. The second kappa shape index (κ2) is 6.91. The highest BCUT2D eigenvalue weighted by Crippen LogP contribution is 2.30. The maximum absolute atomic E-state index is 3.95. The predicted molar refractivity (Wildman–Crippen MR) is 78.9 cm³/mol. The highest BCUT2D eigenvalue weighted by Gasteiger charge is 2.25. The lowest BCUT2D eigenvalue weighted by Crippen LogP contribution is -2.46. The van der Waals surface area contributed by atoms with Gasteiger partial charge in [0.1, 0.15) is 0 Å². The second-order valence-electron chi connectivity index (χ2n) is 7.10. The van der Waals surface area contributed by atoms with Gasteiger partial charge in [-0.3, -0.25) is 0 Å². The number of hydrogen-bond donors (Lipinski definition) is 1. The molecule has 0 aromatic heterocycles. The highest BCUT2D eigenvalue weighted by molar-refractivity contribution is 4.84. The first-order valence-electron chi connectivity index (χ1n) is 8.08. The number of hydrogen-bond acceptors (Lipinski definition) is 2. The summed E-state index contributed by atoms with van der Waals surface area (Å²) in [6.45, 7) is 7.29. The van der Waals surface area contributed by atoms with Crippen molar-refractivity contribution >= 4 is 0 Å². The molecule has 2 aliphatic rings. The lowest BCUT2D eigenvalue weighted by Gasteiger charge is -2.36. The van der Waals surface area contributed by atoms with Crippen molar-refractivity contribution in [3.05, 3.63) is 0 Å². The average Bonchev–Trinajstić information content (AvgIpc) is 2.32. The van der Waals surface area contributed by atoms with Crippen molar-refractivity contribution in [3.63, 3.8) is 0 Å². The molecule has 106 valence electrons. The van der Waals surface area contributed by atoms with E-state index in [1.165, 1.54) is 58.0 Å². The molecule has 2 fully saturated rings. The fourth-order valence-electron chi connectivity index (χ4n) is 3.83. The summed E-state index contributed by atoms with van der Waals surface area (Å²) in [6.07, 6.45) is 9.91. The Kier molecular flexibility index (Phi) is 5.50. The van der Waals surface area contributed by atoms with Crippen molar-refractivity contribution in [2.75, 3.05) is 20.1 Å². The molecule has 2 nitrogen and oxygen atoms in total. The molecule has 0 aromatic carbocycles. The largest absolute Gasteiger partial charge is 0.311 e. The van der Waals surface area contributed by atoms with Crippen LogP contribution in [0.5, 0.6) is 0 Å². The second-order valence-corrected chi connectivity index (χ2v) is 7.10. The molecule has 2 unspecified atom stereocenters. The average molecular weight is 252 g/mol. The first-order valence-corrected chi connectivity index (χ1v) is 8.08. The molecule has 2 rings (SSSR count). The Morgan fingerprint density at radius 2 is 1.78 bits per heavy atom. The van der Waals surface area contributed by atoms with Gasteiger partial charge < -0.3 is 10.2 Å². The molecule has 1 saturated carbocycles. The number of nitrogens with one attached hydrogen (secondary N) is 1. The molecule has 1 aliphatic heterocycles. The van der Waals surface area contributed by atoms with Crippen molar-refractivity contribution in [2.45, 2.75) is 70.9 Å². The van der Waals surface area contributed by atoms with Gasteiger partial charge in [0.2, 0.25) is 0 Å². The van der Waals surface area contributed by atoms with E-state index in [-0.39, 0.29) is 0 Å². The van der Waals surface area contributed by atoms with E-state index >= 15 is 0 Å². The Hall–Kier alpha value is -0.0800. The van der Waals surface area contributed by atoms with E-state index in [0.29, 0.717) is 0 Å². The maximum atomic E-state index is 3.95. The molecule has 0 radical (unpaired) electrons. The standard InChI is InChI=1S/C16H32N2/c1-13(2)11-14-5-4-6-16(12-14)17-15-7-9-18(3)10-8-15/h13-17H,4-12H2,1-3H3. The van der Waals surface area contributed by atoms with Gasteiger partial charge in [0.05, 0.1) is 0 Å². The first kappa shape index (κ1) is 14.3. The van der Waals surface area contributed by atoms with E-state index in [1.807, 2.05) is 0 Å². The summed E-state index contributed by atoms with van der Waals surface area (Å²) in [6, 6.07) is 1.61. The fourth-order valence-corrected chi connectivity index (χ4v) is 3.83. The van der Waals surface area contributed by atoms with E-state index in [4.69, 9.17) is 0 Å². The third-order valence-corrected chi connectivity index (χ3v) is 4.78. The Morgan fingerprint density at radius 1 is 1.06 bits per heavy atom. The zero-order valence-corrected chi connectivity index (χ0v) is 12.6. The third kappa shape index (κ3) is 4.55. The number of nitrogens with zero attached hydrogens (tertiary/aromatic N) is 1. The molecule has 1 aliphatic carbocycles. The quantitative estimate of drug-likeness (QED) is 0.826. The van der Waals surface area contributed by atoms with Crippen molar-refractivity contribution < 1.29 is 0 Å². The van der Waals surface area contributed by atoms with Crippen LogP contribution in [0.2, 0.25) is 0 Å². The molecule has 0 bridgehead atoms. The molecule has 2 atom stereocenters. The molecule has 2 heteroatoms. The van der Waals surface area contributed by atoms with Gasteiger partial charge in [-0.15, -0.1) is 0 Å². The summed E-state index contributed by atoms with van der Waals surface area (Å²) in [5.74, 6) is 1.86.